The van der Waals surface area contributed by atoms with Gasteiger partial charge in [0.25, 0.3) is 0 Å². The number of aryl methyl sites for hydroxylation is 2. The molecule has 2 fully saturated rings. The topological polar surface area (TPSA) is 85.4 Å². The van der Waals surface area contributed by atoms with Gasteiger partial charge in [0.15, 0.2) is 11.5 Å². The van der Waals surface area contributed by atoms with Gasteiger partial charge in [-0.2, -0.15) is 4.31 Å². The van der Waals surface area contributed by atoms with Gasteiger partial charge in [-0.15, -0.1) is 0 Å². The number of rotatable bonds is 7. The molecule has 0 unspecified atom stereocenters. The zero-order valence-electron chi connectivity index (χ0n) is 23.2. The molecule has 1 spiro atoms. The van der Waals surface area contributed by atoms with Crippen molar-refractivity contribution in [3.63, 3.8) is 0 Å². The maximum absolute atomic E-state index is 13.4. The highest BCUT2D eigenvalue weighted by Crippen LogP contribution is 2.42. The molecule has 0 saturated carbocycles. The maximum atomic E-state index is 13.4. The number of benzene rings is 2. The van der Waals surface area contributed by atoms with Crippen molar-refractivity contribution in [2.75, 3.05) is 47.5 Å². The van der Waals surface area contributed by atoms with Crippen LogP contribution < -0.4 is 14.2 Å². The monoisotopic (exact) mass is 542 g/mol. The van der Waals surface area contributed by atoms with Crippen LogP contribution in [0.3, 0.4) is 0 Å². The Hall–Kier alpha value is -3.04. The van der Waals surface area contributed by atoms with Crippen molar-refractivity contribution >= 4 is 22.0 Å². The number of hydrogen-bond acceptors (Lipinski definition) is 6. The molecule has 2 aliphatic rings. The molecule has 0 N–H and O–H groups in total. The van der Waals surface area contributed by atoms with Gasteiger partial charge in [0.1, 0.15) is 5.75 Å². The molecule has 0 aliphatic carbocycles. The van der Waals surface area contributed by atoms with Crippen LogP contribution in [-0.2, 0) is 14.8 Å². The predicted molar refractivity (Wildman–Crippen MR) is 147 cm³/mol. The van der Waals surface area contributed by atoms with E-state index in [1.165, 1.54) is 0 Å². The Morgan fingerprint density at radius 1 is 0.895 bits per heavy atom. The minimum absolute atomic E-state index is 0.0239. The molecule has 206 valence electrons. The minimum Gasteiger partial charge on any atom is -0.496 e. The number of nitrogens with zero attached hydrogens (tertiary/aromatic N) is 2. The van der Waals surface area contributed by atoms with E-state index in [4.69, 9.17) is 14.2 Å². The molecule has 0 bridgehead atoms. The fourth-order valence-corrected chi connectivity index (χ4v) is 7.30. The van der Waals surface area contributed by atoms with Gasteiger partial charge in [0.2, 0.25) is 15.9 Å². The molecular weight excluding hydrogens is 504 g/mol. The Morgan fingerprint density at radius 2 is 1.50 bits per heavy atom. The Kier molecular flexibility index (Phi) is 8.09. The summed E-state index contributed by atoms with van der Waals surface area (Å²) in [6, 6.07) is 9.09. The van der Waals surface area contributed by atoms with E-state index in [0.29, 0.717) is 53.9 Å². The van der Waals surface area contributed by atoms with Gasteiger partial charge in [-0.3, -0.25) is 4.79 Å². The summed E-state index contributed by atoms with van der Waals surface area (Å²) in [5.74, 6) is 1.68. The summed E-state index contributed by atoms with van der Waals surface area (Å²) in [4.78, 5) is 15.7. The molecule has 2 heterocycles. The van der Waals surface area contributed by atoms with Crippen molar-refractivity contribution in [2.24, 2.45) is 5.41 Å². The summed E-state index contributed by atoms with van der Waals surface area (Å²) in [5, 5.41) is 0. The second kappa shape index (κ2) is 11.0. The van der Waals surface area contributed by atoms with Crippen molar-refractivity contribution < 1.29 is 27.4 Å². The second-order valence-electron chi connectivity index (χ2n) is 10.4. The van der Waals surface area contributed by atoms with Crippen LogP contribution in [-0.4, -0.2) is 71.0 Å². The molecule has 38 heavy (non-hydrogen) atoms. The van der Waals surface area contributed by atoms with Crippen LogP contribution in [0.1, 0.15) is 42.9 Å². The average Bonchev–Trinajstić information content (AvgIpc) is 3.32. The van der Waals surface area contributed by atoms with Gasteiger partial charge in [0.05, 0.1) is 26.2 Å². The van der Waals surface area contributed by atoms with Gasteiger partial charge >= 0.3 is 0 Å². The number of carbonyl (C=O) groups is 1. The molecule has 2 aliphatic heterocycles. The lowest BCUT2D eigenvalue weighted by Gasteiger charge is -2.38. The fourth-order valence-electron chi connectivity index (χ4n) is 5.55. The Bertz CT molecular complexity index is 1340. The summed E-state index contributed by atoms with van der Waals surface area (Å²) in [7, 11) is 1.16. The van der Waals surface area contributed by atoms with Gasteiger partial charge in [-0.05, 0) is 74.8 Å². The molecule has 8 nitrogen and oxygen atoms in total. The first-order valence-corrected chi connectivity index (χ1v) is 14.3. The van der Waals surface area contributed by atoms with E-state index >= 15 is 0 Å². The molecular formula is C29H38N2O6S. The molecule has 4 rings (SSSR count). The van der Waals surface area contributed by atoms with Crippen molar-refractivity contribution in [3.05, 3.63) is 52.6 Å². The lowest BCUT2D eigenvalue weighted by Crippen LogP contribution is -2.44. The third-order valence-corrected chi connectivity index (χ3v) is 9.96. The number of likely N-dealkylation sites (tertiary alicyclic amines) is 1. The second-order valence-corrected chi connectivity index (χ2v) is 12.3. The standard InChI is InChI=1S/C29H38N2O6S/c1-20-7-8-21(2)27(15-20)38(33,34)31-13-10-29(11-14-31)9-12-30(19-29)28(32)22(3)16-23-17-25(36-5)26(37-6)18-24(23)35-4/h7-8,15-18H,9-14,19H2,1-6H3/b22-16+. The number of carbonyl (C=O) groups excluding carboxylic acids is 1. The zero-order chi connectivity index (χ0) is 27.7. The predicted octanol–water partition coefficient (Wildman–Crippen LogP) is 4.44. The van der Waals surface area contributed by atoms with Gasteiger partial charge in [-0.25, -0.2) is 8.42 Å². The Morgan fingerprint density at radius 3 is 2.13 bits per heavy atom. The average molecular weight is 543 g/mol. The summed E-state index contributed by atoms with van der Waals surface area (Å²) < 4.78 is 44.6. The van der Waals surface area contributed by atoms with Gasteiger partial charge in [-0.1, -0.05) is 12.1 Å². The van der Waals surface area contributed by atoms with Crippen molar-refractivity contribution in [2.45, 2.75) is 44.9 Å². The number of amides is 1. The lowest BCUT2D eigenvalue weighted by molar-refractivity contribution is -0.126. The first kappa shape index (κ1) is 28.0. The summed E-state index contributed by atoms with van der Waals surface area (Å²) >= 11 is 0. The van der Waals surface area contributed by atoms with Crippen molar-refractivity contribution in [1.29, 1.82) is 0 Å². The molecule has 9 heteroatoms. The smallest absolute Gasteiger partial charge is 0.249 e. The largest absolute Gasteiger partial charge is 0.496 e. The van der Waals surface area contributed by atoms with Crippen molar-refractivity contribution in [1.82, 2.24) is 9.21 Å². The Balaban J connectivity index is 1.45. The molecule has 2 aromatic carbocycles. The van der Waals surface area contributed by atoms with E-state index in [2.05, 4.69) is 0 Å². The molecule has 2 saturated heterocycles. The SMILES string of the molecule is COc1cc(OC)c(OC)cc1/C=C(\C)C(=O)N1CCC2(CCN(S(=O)(=O)c3cc(C)ccc3C)CC2)C1. The highest BCUT2D eigenvalue weighted by atomic mass is 32.2. The van der Waals surface area contributed by atoms with Crippen LogP contribution in [0.15, 0.2) is 40.8 Å². The third kappa shape index (κ3) is 5.40. The molecule has 0 radical (unpaired) electrons. The molecule has 0 atom stereocenters. The number of sulfonamides is 1. The summed E-state index contributed by atoms with van der Waals surface area (Å²) in [5.41, 5.74) is 2.98. The highest BCUT2D eigenvalue weighted by Gasteiger charge is 2.44. The molecule has 2 aromatic rings. The van der Waals surface area contributed by atoms with Crippen molar-refractivity contribution in [3.8, 4) is 17.2 Å². The van der Waals surface area contributed by atoms with E-state index < -0.39 is 10.0 Å². The minimum atomic E-state index is -3.54. The van der Waals surface area contributed by atoms with E-state index in [1.54, 1.807) is 43.8 Å². The summed E-state index contributed by atoms with van der Waals surface area (Å²) in [6.07, 6.45) is 4.18. The van der Waals surface area contributed by atoms with E-state index in [9.17, 15) is 13.2 Å². The van der Waals surface area contributed by atoms with E-state index in [0.717, 1.165) is 36.0 Å². The molecule has 0 aromatic heterocycles. The van der Waals surface area contributed by atoms with Crippen LogP contribution in [0.2, 0.25) is 0 Å². The van der Waals surface area contributed by atoms with Crippen LogP contribution >= 0.6 is 0 Å². The number of ether oxygens (including phenoxy) is 3. The highest BCUT2D eigenvalue weighted by molar-refractivity contribution is 7.89. The number of piperidine rings is 1. The normalized spacial score (nSPS) is 18.1. The van der Waals surface area contributed by atoms with Crippen LogP contribution in [0.25, 0.3) is 6.08 Å². The van der Waals surface area contributed by atoms with Crippen LogP contribution in [0.5, 0.6) is 17.2 Å². The first-order valence-electron chi connectivity index (χ1n) is 12.9. The third-order valence-electron chi connectivity index (χ3n) is 7.92. The van der Waals surface area contributed by atoms with E-state index in [-0.39, 0.29) is 11.3 Å². The zero-order valence-corrected chi connectivity index (χ0v) is 24.0. The molecule has 1 amide bonds. The fraction of sp³-hybridized carbons (Fsp3) is 0.483. The van der Waals surface area contributed by atoms with Crippen LogP contribution in [0.4, 0.5) is 0 Å². The number of methoxy groups -OCH3 is 3. The number of hydrogen-bond donors (Lipinski definition) is 0. The quantitative estimate of drug-likeness (QED) is 0.481. The van der Waals surface area contributed by atoms with Crippen LogP contribution in [0, 0.1) is 19.3 Å². The maximum Gasteiger partial charge on any atom is 0.249 e. The van der Waals surface area contributed by atoms with E-state index in [1.807, 2.05) is 43.9 Å². The summed E-state index contributed by atoms with van der Waals surface area (Å²) in [6.45, 7) is 7.79. The van der Waals surface area contributed by atoms with Gasteiger partial charge < -0.3 is 19.1 Å². The Labute approximate surface area is 226 Å². The van der Waals surface area contributed by atoms with Gasteiger partial charge in [0, 0.05) is 43.4 Å². The first-order chi connectivity index (χ1) is 18.0. The lowest BCUT2D eigenvalue weighted by atomic mass is 9.78.